The topological polar surface area (TPSA) is 0 Å². The standard InChI is InChI=1S/C25H21F/c1-3-18-6-9-21-15-22(11-10-20(21)14-18)23-12-13-24(25(26)16-23)19-7-4-17(2)5-8-19/h4-16H,3H2,1-2H3. The molecule has 0 aliphatic carbocycles. The molecule has 0 amide bonds. The molecule has 0 bridgehead atoms. The predicted octanol–water partition coefficient (Wildman–Crippen LogP) is 7.18. The average Bonchev–Trinajstić information content (AvgIpc) is 2.68. The number of hydrogen-bond donors (Lipinski definition) is 0. The fraction of sp³-hybridized carbons (Fsp3) is 0.120. The lowest BCUT2D eigenvalue weighted by atomic mass is 9.97. The normalized spacial score (nSPS) is 11.0. The molecule has 1 heteroatoms. The number of hydrogen-bond acceptors (Lipinski definition) is 0. The first kappa shape index (κ1) is 16.5. The maximum atomic E-state index is 14.7. The van der Waals surface area contributed by atoms with Crippen LogP contribution >= 0.6 is 0 Å². The molecule has 0 spiro atoms. The SMILES string of the molecule is CCc1ccc2cc(-c3ccc(-c4ccc(C)cc4)c(F)c3)ccc2c1. The summed E-state index contributed by atoms with van der Waals surface area (Å²) in [5.74, 6) is -0.187. The molecule has 0 aliphatic heterocycles. The first-order valence-corrected chi connectivity index (χ1v) is 9.04. The van der Waals surface area contributed by atoms with Gasteiger partial charge in [0.25, 0.3) is 0 Å². The van der Waals surface area contributed by atoms with E-state index in [-0.39, 0.29) is 5.82 Å². The van der Waals surface area contributed by atoms with Crippen LogP contribution in [0.2, 0.25) is 0 Å². The predicted molar refractivity (Wildman–Crippen MR) is 109 cm³/mol. The zero-order valence-corrected chi connectivity index (χ0v) is 15.1. The van der Waals surface area contributed by atoms with E-state index in [9.17, 15) is 4.39 Å². The number of fused-ring (bicyclic) bond motifs is 1. The Labute approximate surface area is 153 Å². The van der Waals surface area contributed by atoms with Crippen LogP contribution in [-0.2, 0) is 6.42 Å². The molecule has 0 saturated heterocycles. The quantitative estimate of drug-likeness (QED) is 0.370. The van der Waals surface area contributed by atoms with E-state index in [0.717, 1.165) is 23.1 Å². The van der Waals surface area contributed by atoms with Crippen molar-refractivity contribution in [3.8, 4) is 22.3 Å². The fourth-order valence-corrected chi connectivity index (χ4v) is 3.36. The molecule has 0 radical (unpaired) electrons. The van der Waals surface area contributed by atoms with Gasteiger partial charge < -0.3 is 0 Å². The van der Waals surface area contributed by atoms with Crippen molar-refractivity contribution in [2.75, 3.05) is 0 Å². The number of aryl methyl sites for hydroxylation is 2. The van der Waals surface area contributed by atoms with Crippen LogP contribution in [0.3, 0.4) is 0 Å². The summed E-state index contributed by atoms with van der Waals surface area (Å²) < 4.78 is 14.7. The number of halogens is 1. The molecule has 0 heterocycles. The van der Waals surface area contributed by atoms with Crippen molar-refractivity contribution in [1.29, 1.82) is 0 Å². The van der Waals surface area contributed by atoms with Crippen molar-refractivity contribution < 1.29 is 4.39 Å². The molecule has 0 fully saturated rings. The molecule has 0 N–H and O–H groups in total. The van der Waals surface area contributed by atoms with Gasteiger partial charge in [0, 0.05) is 5.56 Å². The van der Waals surface area contributed by atoms with Gasteiger partial charge in [-0.2, -0.15) is 0 Å². The first-order chi connectivity index (χ1) is 12.6. The number of benzene rings is 4. The van der Waals surface area contributed by atoms with Gasteiger partial charge in [0.15, 0.2) is 0 Å². The van der Waals surface area contributed by atoms with Crippen LogP contribution in [0.4, 0.5) is 4.39 Å². The third kappa shape index (κ3) is 3.13. The van der Waals surface area contributed by atoms with E-state index in [1.807, 2.05) is 43.3 Å². The fourth-order valence-electron chi connectivity index (χ4n) is 3.36. The maximum Gasteiger partial charge on any atom is 0.131 e. The van der Waals surface area contributed by atoms with Crippen LogP contribution in [0, 0.1) is 12.7 Å². The zero-order valence-electron chi connectivity index (χ0n) is 15.1. The van der Waals surface area contributed by atoms with Crippen molar-refractivity contribution in [3.05, 3.63) is 95.8 Å². The molecule has 0 aromatic heterocycles. The Kier molecular flexibility index (Phi) is 4.30. The second-order valence-corrected chi connectivity index (χ2v) is 6.81. The van der Waals surface area contributed by atoms with Crippen molar-refractivity contribution in [1.82, 2.24) is 0 Å². The summed E-state index contributed by atoms with van der Waals surface area (Å²) in [5.41, 5.74) is 6.00. The summed E-state index contributed by atoms with van der Waals surface area (Å²) in [7, 11) is 0. The van der Waals surface area contributed by atoms with Crippen LogP contribution in [0.5, 0.6) is 0 Å². The highest BCUT2D eigenvalue weighted by Gasteiger charge is 2.08. The molecule has 128 valence electrons. The Morgan fingerprint density at radius 1 is 0.654 bits per heavy atom. The van der Waals surface area contributed by atoms with E-state index in [4.69, 9.17) is 0 Å². The highest BCUT2D eigenvalue weighted by atomic mass is 19.1. The van der Waals surface area contributed by atoms with Gasteiger partial charge in [-0.25, -0.2) is 4.39 Å². The second-order valence-electron chi connectivity index (χ2n) is 6.81. The van der Waals surface area contributed by atoms with Crippen LogP contribution in [0.25, 0.3) is 33.0 Å². The summed E-state index contributed by atoms with van der Waals surface area (Å²) >= 11 is 0. The molecule has 26 heavy (non-hydrogen) atoms. The van der Waals surface area contributed by atoms with Gasteiger partial charge in [0.05, 0.1) is 0 Å². The Hall–Kier alpha value is -2.93. The lowest BCUT2D eigenvalue weighted by Crippen LogP contribution is -1.87. The minimum absolute atomic E-state index is 0.187. The van der Waals surface area contributed by atoms with E-state index in [1.54, 1.807) is 6.07 Å². The van der Waals surface area contributed by atoms with E-state index in [2.05, 4.69) is 43.3 Å². The van der Waals surface area contributed by atoms with Gasteiger partial charge in [-0.15, -0.1) is 0 Å². The van der Waals surface area contributed by atoms with Crippen LogP contribution in [-0.4, -0.2) is 0 Å². The second kappa shape index (κ2) is 6.76. The zero-order chi connectivity index (χ0) is 18.1. The van der Waals surface area contributed by atoms with Gasteiger partial charge >= 0.3 is 0 Å². The minimum Gasteiger partial charge on any atom is -0.206 e. The Morgan fingerprint density at radius 2 is 1.27 bits per heavy atom. The lowest BCUT2D eigenvalue weighted by molar-refractivity contribution is 0.632. The van der Waals surface area contributed by atoms with Gasteiger partial charge in [-0.05, 0) is 58.5 Å². The smallest absolute Gasteiger partial charge is 0.131 e. The number of rotatable bonds is 3. The molecule has 0 atom stereocenters. The summed E-state index contributed by atoms with van der Waals surface area (Å²) in [6.07, 6.45) is 1.03. The van der Waals surface area contributed by atoms with Crippen LogP contribution in [0.15, 0.2) is 78.9 Å². The highest BCUT2D eigenvalue weighted by molar-refractivity contribution is 5.88. The van der Waals surface area contributed by atoms with E-state index < -0.39 is 0 Å². The van der Waals surface area contributed by atoms with Crippen LogP contribution < -0.4 is 0 Å². The lowest BCUT2D eigenvalue weighted by Gasteiger charge is -2.09. The molecule has 4 aromatic carbocycles. The molecule has 4 aromatic rings. The first-order valence-electron chi connectivity index (χ1n) is 9.04. The van der Waals surface area contributed by atoms with Crippen molar-refractivity contribution in [3.63, 3.8) is 0 Å². The van der Waals surface area contributed by atoms with E-state index in [0.29, 0.717) is 5.56 Å². The summed E-state index contributed by atoms with van der Waals surface area (Å²) in [5, 5.41) is 2.41. The Balaban J connectivity index is 1.73. The molecule has 0 aliphatic rings. The molecule has 0 unspecified atom stereocenters. The van der Waals surface area contributed by atoms with Crippen molar-refractivity contribution >= 4 is 10.8 Å². The van der Waals surface area contributed by atoms with Gasteiger partial charge in [-0.3, -0.25) is 0 Å². The van der Waals surface area contributed by atoms with E-state index >= 15 is 0 Å². The van der Waals surface area contributed by atoms with E-state index in [1.165, 1.54) is 21.9 Å². The summed E-state index contributed by atoms with van der Waals surface area (Å²) in [6.45, 7) is 4.19. The monoisotopic (exact) mass is 340 g/mol. The van der Waals surface area contributed by atoms with Crippen LogP contribution in [0.1, 0.15) is 18.1 Å². The third-order valence-electron chi connectivity index (χ3n) is 4.98. The summed E-state index contributed by atoms with van der Waals surface area (Å²) in [6, 6.07) is 26.3. The molecular formula is C25H21F. The molecular weight excluding hydrogens is 319 g/mol. The molecule has 0 saturated carbocycles. The van der Waals surface area contributed by atoms with Gasteiger partial charge in [0.1, 0.15) is 5.82 Å². The molecule has 4 rings (SSSR count). The Morgan fingerprint density at radius 3 is 2.00 bits per heavy atom. The van der Waals surface area contributed by atoms with Crippen molar-refractivity contribution in [2.45, 2.75) is 20.3 Å². The maximum absolute atomic E-state index is 14.7. The highest BCUT2D eigenvalue weighted by Crippen LogP contribution is 2.30. The molecule has 0 nitrogen and oxygen atoms in total. The minimum atomic E-state index is -0.187. The summed E-state index contributed by atoms with van der Waals surface area (Å²) in [4.78, 5) is 0. The average molecular weight is 340 g/mol. The largest absolute Gasteiger partial charge is 0.206 e. The van der Waals surface area contributed by atoms with Gasteiger partial charge in [-0.1, -0.05) is 79.2 Å². The van der Waals surface area contributed by atoms with Gasteiger partial charge in [0.2, 0.25) is 0 Å². The Bertz CT molecular complexity index is 1080. The van der Waals surface area contributed by atoms with Crippen molar-refractivity contribution in [2.24, 2.45) is 0 Å². The third-order valence-corrected chi connectivity index (χ3v) is 4.98.